The van der Waals surface area contributed by atoms with E-state index in [2.05, 4.69) is 9.71 Å². The minimum atomic E-state index is -5.08. The molecule has 2 aromatic rings. The number of halogens is 3. The van der Waals surface area contributed by atoms with Gasteiger partial charge in [0.25, 0.3) is 10.0 Å². The van der Waals surface area contributed by atoms with Crippen molar-refractivity contribution < 1.29 is 41.4 Å². The van der Waals surface area contributed by atoms with Crippen LogP contribution in [0.2, 0.25) is 0 Å². The lowest BCUT2D eigenvalue weighted by atomic mass is 9.63. The van der Waals surface area contributed by atoms with Gasteiger partial charge >= 0.3 is 12.1 Å². The molecule has 2 aliphatic rings. The molecule has 0 fully saturated rings. The van der Waals surface area contributed by atoms with E-state index in [0.717, 1.165) is 18.4 Å². The number of carbonyl (C=O) groups excluding carboxylic acids is 1. The normalized spacial score (nSPS) is 17.3. The van der Waals surface area contributed by atoms with E-state index in [0.29, 0.717) is 18.4 Å². The molecule has 1 aliphatic heterocycles. The van der Waals surface area contributed by atoms with Gasteiger partial charge in [0.05, 0.1) is 11.1 Å². The van der Waals surface area contributed by atoms with Gasteiger partial charge < -0.3 is 21.3 Å². The summed E-state index contributed by atoms with van der Waals surface area (Å²) in [4.78, 5) is 22.8. The number of sulfonamides is 1. The second-order valence-corrected chi connectivity index (χ2v) is 10.4. The SMILES string of the molecule is CCCC1(CCC)C(=O)C(C2=NS(=O)(=O)c3cc(N)ccc3N2)=C(O)c2ccccc21.O=C(O)C(F)(F)F. The second kappa shape index (κ2) is 10.5. The number of ketones is 1. The fourth-order valence-corrected chi connectivity index (χ4v) is 5.85. The van der Waals surface area contributed by atoms with Crippen molar-refractivity contribution in [3.63, 3.8) is 0 Å². The molecule has 38 heavy (non-hydrogen) atoms. The molecule has 0 bridgehead atoms. The summed E-state index contributed by atoms with van der Waals surface area (Å²) >= 11 is 0. The summed E-state index contributed by atoms with van der Waals surface area (Å²) in [6.07, 6.45) is -2.40. The van der Waals surface area contributed by atoms with Gasteiger partial charge in [-0.05, 0) is 36.6 Å². The van der Waals surface area contributed by atoms with Crippen molar-refractivity contribution in [2.75, 3.05) is 11.1 Å². The summed E-state index contributed by atoms with van der Waals surface area (Å²) in [6.45, 7) is 4.01. The molecule has 5 N–H and O–H groups in total. The van der Waals surface area contributed by atoms with Crippen molar-refractivity contribution in [1.29, 1.82) is 0 Å². The van der Waals surface area contributed by atoms with Crippen molar-refractivity contribution in [2.24, 2.45) is 4.40 Å². The van der Waals surface area contributed by atoms with Gasteiger partial charge in [0, 0.05) is 11.3 Å². The highest BCUT2D eigenvalue weighted by Crippen LogP contribution is 2.46. The number of rotatable bonds is 5. The van der Waals surface area contributed by atoms with Gasteiger partial charge in [-0.25, -0.2) is 4.79 Å². The zero-order valence-electron chi connectivity index (χ0n) is 20.5. The zero-order chi connectivity index (χ0) is 28.5. The summed E-state index contributed by atoms with van der Waals surface area (Å²) in [6, 6.07) is 11.7. The van der Waals surface area contributed by atoms with Crippen LogP contribution in [0.5, 0.6) is 0 Å². The lowest BCUT2D eigenvalue weighted by Gasteiger charge is -2.39. The molecular formula is C25H26F3N3O6S. The average Bonchev–Trinajstić information content (AvgIpc) is 2.83. The Hall–Kier alpha value is -3.87. The van der Waals surface area contributed by atoms with Gasteiger partial charge in [0.15, 0.2) is 11.6 Å². The lowest BCUT2D eigenvalue weighted by molar-refractivity contribution is -0.192. The smallest absolute Gasteiger partial charge is 0.490 e. The van der Waals surface area contributed by atoms with E-state index >= 15 is 0 Å². The topological polar surface area (TPSA) is 159 Å². The molecular weight excluding hydrogens is 527 g/mol. The molecule has 0 amide bonds. The van der Waals surface area contributed by atoms with E-state index in [1.54, 1.807) is 18.2 Å². The van der Waals surface area contributed by atoms with Gasteiger partial charge in [-0.1, -0.05) is 51.0 Å². The third kappa shape index (κ3) is 5.23. The molecule has 204 valence electrons. The fraction of sp³-hybridized carbons (Fsp3) is 0.320. The maximum Gasteiger partial charge on any atom is 0.490 e. The van der Waals surface area contributed by atoms with Crippen LogP contribution in [-0.2, 0) is 25.0 Å². The summed E-state index contributed by atoms with van der Waals surface area (Å²) in [7, 11) is -4.10. The predicted octanol–water partition coefficient (Wildman–Crippen LogP) is 4.80. The third-order valence-corrected chi connectivity index (χ3v) is 7.49. The van der Waals surface area contributed by atoms with Crippen molar-refractivity contribution in [3.8, 4) is 0 Å². The number of carbonyl (C=O) groups is 2. The van der Waals surface area contributed by atoms with Crippen molar-refractivity contribution >= 4 is 44.7 Å². The van der Waals surface area contributed by atoms with Crippen molar-refractivity contribution in [2.45, 2.75) is 56.0 Å². The van der Waals surface area contributed by atoms with Crippen LogP contribution in [0.1, 0.15) is 50.7 Å². The number of nitrogens with two attached hydrogens (primary N) is 1. The van der Waals surface area contributed by atoms with E-state index in [4.69, 9.17) is 15.6 Å². The molecule has 9 nitrogen and oxygen atoms in total. The first-order valence-electron chi connectivity index (χ1n) is 11.6. The zero-order valence-corrected chi connectivity index (χ0v) is 21.3. The van der Waals surface area contributed by atoms with Crippen molar-refractivity contribution in [1.82, 2.24) is 0 Å². The Bertz CT molecular complexity index is 1440. The summed E-state index contributed by atoms with van der Waals surface area (Å²) in [5.74, 6) is -3.49. The molecule has 13 heteroatoms. The number of alkyl halides is 3. The number of aliphatic hydroxyl groups excluding tert-OH is 1. The summed E-state index contributed by atoms with van der Waals surface area (Å²) in [5, 5.41) is 21.2. The number of anilines is 2. The number of aliphatic carboxylic acids is 1. The summed E-state index contributed by atoms with van der Waals surface area (Å²) < 4.78 is 61.3. The lowest BCUT2D eigenvalue weighted by Crippen LogP contribution is -2.44. The Kier molecular flexibility index (Phi) is 7.91. The number of nitrogen functional groups attached to an aromatic ring is 1. The number of benzene rings is 2. The fourth-order valence-electron chi connectivity index (χ4n) is 4.69. The molecule has 0 saturated heterocycles. The number of nitrogens with zero attached hydrogens (tertiary/aromatic N) is 1. The highest BCUT2D eigenvalue weighted by Gasteiger charge is 2.48. The van der Waals surface area contributed by atoms with Gasteiger partial charge in [0.1, 0.15) is 16.2 Å². The van der Waals surface area contributed by atoms with Crippen LogP contribution in [0, 0.1) is 0 Å². The first kappa shape index (κ1) is 28.7. The summed E-state index contributed by atoms with van der Waals surface area (Å²) in [5.41, 5.74) is 6.66. The Balaban J connectivity index is 0.000000505. The number of fused-ring (bicyclic) bond motifs is 2. The Morgan fingerprint density at radius 3 is 2.24 bits per heavy atom. The van der Waals surface area contributed by atoms with Crippen molar-refractivity contribution in [3.05, 3.63) is 59.2 Å². The number of carboxylic acids is 1. The molecule has 1 heterocycles. The first-order valence-corrected chi connectivity index (χ1v) is 13.0. The molecule has 2 aromatic carbocycles. The number of aliphatic hydroxyl groups is 1. The molecule has 1 aliphatic carbocycles. The van der Waals surface area contributed by atoms with E-state index in [9.17, 15) is 31.5 Å². The largest absolute Gasteiger partial charge is 0.506 e. The monoisotopic (exact) mass is 553 g/mol. The van der Waals surface area contributed by atoms with Crippen LogP contribution in [0.4, 0.5) is 24.5 Å². The van der Waals surface area contributed by atoms with Crippen LogP contribution in [0.15, 0.2) is 57.3 Å². The quantitative estimate of drug-likeness (QED) is 0.384. The minimum Gasteiger partial charge on any atom is -0.506 e. The Morgan fingerprint density at radius 1 is 1.11 bits per heavy atom. The second-order valence-electron chi connectivity index (χ2n) is 8.78. The Labute approximate surface area is 216 Å². The standard InChI is InChI=1S/C23H25N3O4S.C2HF3O2/c1-3-11-23(12-4-2)16-8-6-5-7-15(16)20(27)19(21(23)28)22-25-17-10-9-14(24)13-18(17)31(29,30)26-22;3-2(4,5)1(6)7/h5-10,13,27H,3-4,11-12,24H2,1-2H3,(H,25,26);(H,6,7). The number of amidine groups is 1. The van der Waals surface area contributed by atoms with Gasteiger partial charge in [-0.15, -0.1) is 4.40 Å². The van der Waals surface area contributed by atoms with Crippen LogP contribution in [-0.4, -0.2) is 42.4 Å². The van der Waals surface area contributed by atoms with E-state index in [1.807, 2.05) is 26.0 Å². The predicted molar refractivity (Wildman–Crippen MR) is 135 cm³/mol. The molecule has 0 atom stereocenters. The molecule has 4 rings (SSSR count). The van der Waals surface area contributed by atoms with Gasteiger partial charge in [0.2, 0.25) is 0 Å². The molecule has 0 saturated carbocycles. The average molecular weight is 554 g/mol. The number of nitrogens with one attached hydrogen (secondary N) is 1. The van der Waals surface area contributed by atoms with Gasteiger partial charge in [-0.2, -0.15) is 21.6 Å². The highest BCUT2D eigenvalue weighted by molar-refractivity contribution is 7.90. The van der Waals surface area contributed by atoms with E-state index in [-0.39, 0.29) is 39.2 Å². The molecule has 0 spiro atoms. The van der Waals surface area contributed by atoms with Crippen LogP contribution < -0.4 is 11.1 Å². The first-order chi connectivity index (χ1) is 17.7. The minimum absolute atomic E-state index is 0.0617. The van der Waals surface area contributed by atoms with Crippen LogP contribution in [0.3, 0.4) is 0 Å². The van der Waals surface area contributed by atoms with Gasteiger partial charge in [-0.3, -0.25) is 4.79 Å². The number of carboxylic acid groups (broad SMARTS) is 1. The van der Waals surface area contributed by atoms with E-state index < -0.39 is 27.6 Å². The van der Waals surface area contributed by atoms with Crippen LogP contribution in [0.25, 0.3) is 5.76 Å². The molecule has 0 radical (unpaired) electrons. The van der Waals surface area contributed by atoms with E-state index in [1.165, 1.54) is 12.1 Å². The number of hydrogen-bond donors (Lipinski definition) is 4. The number of hydrogen-bond acceptors (Lipinski definition) is 7. The maximum atomic E-state index is 13.9. The maximum absolute atomic E-state index is 13.9. The number of Topliss-reactive ketones (excluding diaryl/α,β-unsaturated/α-hetero) is 1. The third-order valence-electron chi connectivity index (χ3n) is 6.18. The highest BCUT2D eigenvalue weighted by atomic mass is 32.2. The molecule has 0 unspecified atom stereocenters. The molecule has 0 aromatic heterocycles. The van der Waals surface area contributed by atoms with Crippen LogP contribution >= 0.6 is 0 Å². The Morgan fingerprint density at radius 2 is 1.68 bits per heavy atom.